The number of aromatic nitrogens is 1. The van der Waals surface area contributed by atoms with Gasteiger partial charge >= 0.3 is 6.09 Å². The molecule has 0 aromatic carbocycles. The average Bonchev–Trinajstić information content (AvgIpc) is 2.90. The number of carbonyl (C=O) groups is 2. The Morgan fingerprint density at radius 1 is 1.43 bits per heavy atom. The summed E-state index contributed by atoms with van der Waals surface area (Å²) in [7, 11) is 0. The quantitative estimate of drug-likeness (QED) is 0.819. The van der Waals surface area contributed by atoms with Crippen molar-refractivity contribution in [3.63, 3.8) is 0 Å². The van der Waals surface area contributed by atoms with Crippen LogP contribution in [0.3, 0.4) is 0 Å². The first-order chi connectivity index (χ1) is 10.6. The molecular weight excluding hydrogens is 303 g/mol. The summed E-state index contributed by atoms with van der Waals surface area (Å²) in [4.78, 5) is 27.6. The molecule has 1 aliphatic heterocycles. The zero-order valence-corrected chi connectivity index (χ0v) is 13.6. The molecule has 1 atom stereocenters. The van der Waals surface area contributed by atoms with E-state index < -0.39 is 23.6 Å². The molecule has 1 aliphatic rings. The molecule has 0 saturated carbocycles. The highest BCUT2D eigenvalue weighted by atomic mass is 19.1. The van der Waals surface area contributed by atoms with Crippen molar-refractivity contribution >= 4 is 17.8 Å². The normalized spacial score (nSPS) is 17.2. The number of nitrogens with zero attached hydrogens (tertiary/aromatic N) is 2. The lowest BCUT2D eigenvalue weighted by Gasteiger charge is -2.27. The van der Waals surface area contributed by atoms with Gasteiger partial charge in [-0.25, -0.2) is 14.2 Å². The number of hydrogen-bond donors (Lipinski definition) is 2. The smallest absolute Gasteiger partial charge is 0.410 e. The number of primary amides is 1. The van der Waals surface area contributed by atoms with E-state index in [0.717, 1.165) is 12.6 Å². The number of anilines is 1. The van der Waals surface area contributed by atoms with Crippen LogP contribution < -0.4 is 11.5 Å². The fraction of sp³-hybridized carbons (Fsp3) is 0.533. The standard InChI is InChI=1S/C10H18N2O3.C5H5FN2.2H2/c1-10(2,3)15-9(14)12-6-4-5-7(12)8(11)13;6-4-1-2-5(7)8-3-4;;/h7H,4-6H2,1-3H3,(H2,11,13);1-3H,(H2,7,8);2*1H/t7-;;;/m0.../s1. The van der Waals surface area contributed by atoms with Gasteiger partial charge in [0.15, 0.2) is 0 Å². The van der Waals surface area contributed by atoms with Crippen LogP contribution in [-0.4, -0.2) is 40.1 Å². The minimum absolute atomic E-state index is 0. The summed E-state index contributed by atoms with van der Waals surface area (Å²) < 4.78 is 17.1. The minimum atomic E-state index is -0.540. The molecule has 23 heavy (non-hydrogen) atoms. The monoisotopic (exact) mass is 330 g/mol. The van der Waals surface area contributed by atoms with Gasteiger partial charge in [-0.15, -0.1) is 0 Å². The van der Waals surface area contributed by atoms with Gasteiger partial charge in [-0.05, 0) is 45.7 Å². The van der Waals surface area contributed by atoms with E-state index in [1.165, 1.54) is 17.0 Å². The van der Waals surface area contributed by atoms with Crippen molar-refractivity contribution in [2.75, 3.05) is 12.3 Å². The van der Waals surface area contributed by atoms with E-state index in [1.54, 1.807) is 20.8 Å². The molecule has 2 rings (SSSR count). The second kappa shape index (κ2) is 7.75. The molecule has 0 unspecified atom stereocenters. The third-order valence-electron chi connectivity index (χ3n) is 2.96. The molecule has 1 aromatic rings. The third kappa shape index (κ3) is 6.50. The Bertz CT molecular complexity index is 532. The van der Waals surface area contributed by atoms with Crippen molar-refractivity contribution in [2.24, 2.45) is 5.73 Å². The maximum Gasteiger partial charge on any atom is 0.410 e. The second-order valence-electron chi connectivity index (χ2n) is 6.14. The van der Waals surface area contributed by atoms with Crippen molar-refractivity contribution in [1.29, 1.82) is 0 Å². The van der Waals surface area contributed by atoms with Crippen LogP contribution in [-0.2, 0) is 9.53 Å². The molecule has 2 amide bonds. The topological polar surface area (TPSA) is 112 Å². The van der Waals surface area contributed by atoms with Crippen LogP contribution >= 0.6 is 0 Å². The lowest BCUT2D eigenvalue weighted by atomic mass is 10.2. The van der Waals surface area contributed by atoms with Gasteiger partial charge in [-0.1, -0.05) is 0 Å². The van der Waals surface area contributed by atoms with E-state index in [4.69, 9.17) is 16.2 Å². The van der Waals surface area contributed by atoms with Gasteiger partial charge in [-0.3, -0.25) is 9.69 Å². The number of carbonyl (C=O) groups excluding carboxylic acids is 2. The van der Waals surface area contributed by atoms with Crippen molar-refractivity contribution in [2.45, 2.75) is 45.3 Å². The Hall–Kier alpha value is -2.38. The van der Waals surface area contributed by atoms with Gasteiger partial charge < -0.3 is 16.2 Å². The van der Waals surface area contributed by atoms with E-state index in [9.17, 15) is 14.0 Å². The van der Waals surface area contributed by atoms with Gasteiger partial charge in [0.25, 0.3) is 0 Å². The number of nitrogens with two attached hydrogens (primary N) is 2. The van der Waals surface area contributed by atoms with Gasteiger partial charge in [-0.2, -0.15) is 0 Å². The Morgan fingerprint density at radius 2 is 2.09 bits per heavy atom. The highest BCUT2D eigenvalue weighted by Crippen LogP contribution is 2.20. The molecule has 0 spiro atoms. The molecule has 1 fully saturated rings. The van der Waals surface area contributed by atoms with Gasteiger partial charge in [0, 0.05) is 9.40 Å². The Morgan fingerprint density at radius 3 is 2.52 bits per heavy atom. The number of halogens is 1. The highest BCUT2D eigenvalue weighted by Gasteiger charge is 2.35. The number of amides is 2. The predicted octanol–water partition coefficient (Wildman–Crippen LogP) is 2.17. The van der Waals surface area contributed by atoms with Gasteiger partial charge in [0.05, 0.1) is 6.20 Å². The molecule has 0 bridgehead atoms. The van der Waals surface area contributed by atoms with Crippen LogP contribution in [0.1, 0.15) is 36.5 Å². The van der Waals surface area contributed by atoms with E-state index in [0.29, 0.717) is 18.8 Å². The molecule has 0 radical (unpaired) electrons. The van der Waals surface area contributed by atoms with Gasteiger partial charge in [0.2, 0.25) is 5.91 Å². The number of rotatable bonds is 1. The van der Waals surface area contributed by atoms with Crippen LogP contribution in [0, 0.1) is 5.82 Å². The lowest BCUT2D eigenvalue weighted by molar-refractivity contribution is -0.122. The van der Waals surface area contributed by atoms with E-state index in [2.05, 4.69) is 4.98 Å². The SMILES string of the molecule is CC(C)(C)OC(=O)N1CCC[C@H]1C(N)=O.Nc1ccc(F)cn1.[HH].[HH]. The molecule has 8 heteroatoms. The maximum absolute atomic E-state index is 12.0. The van der Waals surface area contributed by atoms with Crippen LogP contribution in [0.15, 0.2) is 18.3 Å². The van der Waals surface area contributed by atoms with Crippen molar-refractivity contribution in [1.82, 2.24) is 9.88 Å². The largest absolute Gasteiger partial charge is 0.444 e. The van der Waals surface area contributed by atoms with Crippen LogP contribution in [0.5, 0.6) is 0 Å². The third-order valence-corrected chi connectivity index (χ3v) is 2.96. The van der Waals surface area contributed by atoms with E-state index in [1.807, 2.05) is 0 Å². The Labute approximate surface area is 137 Å². The first kappa shape index (κ1) is 18.7. The molecule has 1 aromatic heterocycles. The summed E-state index contributed by atoms with van der Waals surface area (Å²) in [6.45, 7) is 5.92. The number of ether oxygens (including phenoxy) is 1. The van der Waals surface area contributed by atoms with E-state index >= 15 is 0 Å². The number of likely N-dealkylation sites (tertiary alicyclic amines) is 1. The van der Waals surface area contributed by atoms with E-state index in [-0.39, 0.29) is 8.67 Å². The molecule has 132 valence electrons. The summed E-state index contributed by atoms with van der Waals surface area (Å²) >= 11 is 0. The number of hydrogen-bond acceptors (Lipinski definition) is 5. The summed E-state index contributed by atoms with van der Waals surface area (Å²) in [5, 5.41) is 0. The summed E-state index contributed by atoms with van der Waals surface area (Å²) in [6.07, 6.45) is 2.06. The highest BCUT2D eigenvalue weighted by molar-refractivity contribution is 5.84. The number of pyridine rings is 1. The minimum Gasteiger partial charge on any atom is -0.444 e. The van der Waals surface area contributed by atoms with Crippen molar-refractivity contribution in [3.05, 3.63) is 24.1 Å². The first-order valence-electron chi connectivity index (χ1n) is 7.26. The molecule has 4 N–H and O–H groups in total. The zero-order chi connectivity index (χ0) is 17.6. The summed E-state index contributed by atoms with van der Waals surface area (Å²) in [6, 6.07) is 2.18. The maximum atomic E-state index is 12.0. The summed E-state index contributed by atoms with van der Waals surface area (Å²) in [5.74, 6) is -0.482. The number of nitrogen functional groups attached to an aromatic ring is 1. The van der Waals surface area contributed by atoms with Gasteiger partial charge in [0.1, 0.15) is 23.3 Å². The fourth-order valence-corrected chi connectivity index (χ4v) is 1.99. The summed E-state index contributed by atoms with van der Waals surface area (Å²) in [5.41, 5.74) is 9.81. The van der Waals surface area contributed by atoms with Crippen molar-refractivity contribution < 1.29 is 21.6 Å². The Kier molecular flexibility index (Phi) is 6.29. The molecule has 2 heterocycles. The van der Waals surface area contributed by atoms with Crippen LogP contribution in [0.4, 0.5) is 15.0 Å². The molecular formula is C15H27FN4O3. The molecule has 0 aliphatic carbocycles. The van der Waals surface area contributed by atoms with Crippen LogP contribution in [0.25, 0.3) is 0 Å². The van der Waals surface area contributed by atoms with Crippen molar-refractivity contribution in [3.8, 4) is 0 Å². The Balaban J connectivity index is 0. The van der Waals surface area contributed by atoms with Crippen LogP contribution in [0.2, 0.25) is 0 Å². The first-order valence-corrected chi connectivity index (χ1v) is 7.26. The predicted molar refractivity (Wildman–Crippen MR) is 88.0 cm³/mol. The second-order valence-corrected chi connectivity index (χ2v) is 6.14. The fourth-order valence-electron chi connectivity index (χ4n) is 1.99. The molecule has 7 nitrogen and oxygen atoms in total. The zero-order valence-electron chi connectivity index (χ0n) is 13.6. The lowest BCUT2D eigenvalue weighted by Crippen LogP contribution is -2.45. The molecule has 1 saturated heterocycles. The average molecular weight is 330 g/mol.